The number of ether oxygens (including phenoxy) is 1. The second-order valence-electron chi connectivity index (χ2n) is 11.9. The molecule has 3 N–H and O–H groups in total. The van der Waals surface area contributed by atoms with E-state index in [1.165, 1.54) is 0 Å². The lowest BCUT2D eigenvalue weighted by atomic mass is 9.86. The molecule has 0 radical (unpaired) electrons. The number of phenols is 1. The Balaban J connectivity index is 1.17. The fraction of sp³-hybridized carbons (Fsp3) is 0.484. The number of carbonyl (C=O) groups is 2. The number of amides is 1. The molecule has 4 aliphatic heterocycles. The van der Waals surface area contributed by atoms with Crippen molar-refractivity contribution in [1.29, 1.82) is 0 Å². The van der Waals surface area contributed by atoms with Gasteiger partial charge in [0.15, 0.2) is 5.60 Å². The Hall–Kier alpha value is -3.80. The van der Waals surface area contributed by atoms with Crippen molar-refractivity contribution in [3.05, 3.63) is 56.9 Å². The van der Waals surface area contributed by atoms with Crippen LogP contribution in [-0.4, -0.2) is 80.7 Å². The third-order valence-electron chi connectivity index (χ3n) is 9.53. The number of hydrogen-bond acceptors (Lipinski definition) is 9. The van der Waals surface area contributed by atoms with Gasteiger partial charge in [0.05, 0.1) is 29.0 Å². The van der Waals surface area contributed by atoms with Gasteiger partial charge >= 0.3 is 5.97 Å². The molecule has 11 heteroatoms. The van der Waals surface area contributed by atoms with Gasteiger partial charge in [-0.15, -0.1) is 0 Å². The van der Waals surface area contributed by atoms with Crippen LogP contribution in [0.2, 0.25) is 0 Å². The highest BCUT2D eigenvalue weighted by atomic mass is 16.6. The smallest absolute Gasteiger partial charge is 0.343 e. The lowest BCUT2D eigenvalue weighted by molar-refractivity contribution is -0.172. The molecule has 1 atom stereocenters. The molecule has 1 aromatic carbocycles. The number of nitrogens with one attached hydrogen (secondary N) is 1. The summed E-state index contributed by atoms with van der Waals surface area (Å²) in [4.78, 5) is 48.1. The van der Waals surface area contributed by atoms with E-state index >= 15 is 0 Å². The minimum atomic E-state index is -1.87. The highest BCUT2D eigenvalue weighted by Gasteiger charge is 2.45. The van der Waals surface area contributed by atoms with Gasteiger partial charge in [-0.2, -0.15) is 0 Å². The first-order valence-electron chi connectivity index (χ1n) is 14.8. The van der Waals surface area contributed by atoms with Crippen LogP contribution in [0.4, 0.5) is 0 Å². The van der Waals surface area contributed by atoms with Crippen LogP contribution >= 0.6 is 0 Å². The van der Waals surface area contributed by atoms with Crippen LogP contribution in [0.25, 0.3) is 22.3 Å². The lowest BCUT2D eigenvalue weighted by Crippen LogP contribution is -2.51. The molecule has 220 valence electrons. The van der Waals surface area contributed by atoms with Gasteiger partial charge in [-0.3, -0.25) is 14.5 Å². The Morgan fingerprint density at radius 2 is 1.90 bits per heavy atom. The summed E-state index contributed by atoms with van der Waals surface area (Å²) in [7, 11) is 0. The first-order valence-corrected chi connectivity index (χ1v) is 14.8. The Morgan fingerprint density at radius 1 is 1.14 bits per heavy atom. The summed E-state index contributed by atoms with van der Waals surface area (Å²) in [5.74, 6) is -0.194. The average molecular weight is 574 g/mol. The number of rotatable bonds is 4. The first kappa shape index (κ1) is 27.1. The summed E-state index contributed by atoms with van der Waals surface area (Å²) in [6, 6.07) is 7.11. The summed E-state index contributed by atoms with van der Waals surface area (Å²) in [6.07, 6.45) is 1.87. The standard InChI is InChI=1S/C31H35N5O6/c1-2-31(41)23-14-25-27-19(15-36(25)29(39)22(23)17-42-30(31)40)13-20-21(26(37)4-3-24(20)33-27)16-34-9-11-35(12-10-34)28(38)18-5-7-32-8-6-18/h3-4,13-14,18,32,37,41H,2,5-12,15-17H2,1H3/t31-/m0/s1. The number of phenolic OH excluding ortho intramolecular Hbond substituents is 1. The third-order valence-corrected chi connectivity index (χ3v) is 9.53. The van der Waals surface area contributed by atoms with Crippen LogP contribution in [-0.2, 0) is 39.6 Å². The molecule has 0 bridgehead atoms. The first-order chi connectivity index (χ1) is 20.3. The van der Waals surface area contributed by atoms with E-state index < -0.39 is 11.6 Å². The maximum Gasteiger partial charge on any atom is 0.343 e. The molecule has 6 heterocycles. The fourth-order valence-corrected chi connectivity index (χ4v) is 6.94. The maximum atomic E-state index is 13.5. The van der Waals surface area contributed by atoms with Crippen LogP contribution in [0.15, 0.2) is 29.1 Å². The van der Waals surface area contributed by atoms with Gasteiger partial charge in [-0.25, -0.2) is 9.78 Å². The van der Waals surface area contributed by atoms with Crippen molar-refractivity contribution in [2.24, 2.45) is 5.92 Å². The second-order valence-corrected chi connectivity index (χ2v) is 11.9. The van der Waals surface area contributed by atoms with Crippen molar-refractivity contribution in [3.63, 3.8) is 0 Å². The predicted octanol–water partition coefficient (Wildman–Crippen LogP) is 1.43. The second kappa shape index (κ2) is 10.2. The van der Waals surface area contributed by atoms with Crippen LogP contribution in [0.5, 0.6) is 5.75 Å². The van der Waals surface area contributed by atoms with E-state index in [1.54, 1.807) is 29.7 Å². The Bertz CT molecular complexity index is 1670. The molecular formula is C31H35N5O6. The van der Waals surface area contributed by atoms with E-state index in [0.29, 0.717) is 43.1 Å². The molecular weight excluding hydrogens is 538 g/mol. The summed E-state index contributed by atoms with van der Waals surface area (Å²) in [5, 5.41) is 26.2. The molecule has 4 aliphatic rings. The molecule has 0 spiro atoms. The van der Waals surface area contributed by atoms with Gasteiger partial charge in [-0.05, 0) is 56.6 Å². The van der Waals surface area contributed by atoms with E-state index in [1.807, 2.05) is 11.0 Å². The summed E-state index contributed by atoms with van der Waals surface area (Å²) in [6.45, 7) is 6.89. The van der Waals surface area contributed by atoms with E-state index in [9.17, 15) is 24.6 Å². The molecule has 11 nitrogen and oxygen atoms in total. The number of piperazine rings is 1. The molecule has 7 rings (SSSR count). The van der Waals surface area contributed by atoms with Crippen molar-refractivity contribution < 1.29 is 24.5 Å². The molecule has 2 aromatic heterocycles. The maximum absolute atomic E-state index is 13.5. The molecule has 3 aromatic rings. The van der Waals surface area contributed by atoms with Crippen molar-refractivity contribution in [3.8, 4) is 17.1 Å². The van der Waals surface area contributed by atoms with E-state index in [4.69, 9.17) is 9.72 Å². The van der Waals surface area contributed by atoms with Gasteiger partial charge in [0.25, 0.3) is 5.56 Å². The van der Waals surface area contributed by atoms with E-state index in [2.05, 4.69) is 10.2 Å². The lowest BCUT2D eigenvalue weighted by Gasteiger charge is -2.37. The zero-order valence-electron chi connectivity index (χ0n) is 23.7. The number of pyridine rings is 2. The SMILES string of the molecule is CC[C@@]1(O)C(=O)OCc2c1cc1n(c2=O)Cc2cc3c(CN4CCN(C(=O)C5CCNCC5)CC4)c(O)ccc3nc2-1. The molecule has 0 unspecified atom stereocenters. The van der Waals surface area contributed by atoms with Gasteiger partial charge in [-0.1, -0.05) is 6.92 Å². The number of fused-ring (bicyclic) bond motifs is 5. The van der Waals surface area contributed by atoms with Gasteiger partial charge in [0.1, 0.15) is 12.4 Å². The average Bonchev–Trinajstić information content (AvgIpc) is 3.38. The highest BCUT2D eigenvalue weighted by molar-refractivity contribution is 5.89. The molecule has 2 saturated heterocycles. The minimum Gasteiger partial charge on any atom is -0.508 e. The largest absolute Gasteiger partial charge is 0.508 e. The molecule has 42 heavy (non-hydrogen) atoms. The number of nitrogens with zero attached hydrogens (tertiary/aromatic N) is 4. The van der Waals surface area contributed by atoms with Gasteiger partial charge in [0, 0.05) is 60.7 Å². The van der Waals surface area contributed by atoms with Crippen molar-refractivity contribution in [2.45, 2.75) is 51.5 Å². The number of piperidine rings is 1. The molecule has 0 aliphatic carbocycles. The predicted molar refractivity (Wildman–Crippen MR) is 154 cm³/mol. The summed E-state index contributed by atoms with van der Waals surface area (Å²) >= 11 is 0. The van der Waals surface area contributed by atoms with Gasteiger partial charge in [0.2, 0.25) is 5.91 Å². The monoisotopic (exact) mass is 573 g/mol. The van der Waals surface area contributed by atoms with Crippen molar-refractivity contribution >= 4 is 22.8 Å². The normalized spacial score (nSPS) is 22.5. The van der Waals surface area contributed by atoms with Crippen molar-refractivity contribution in [2.75, 3.05) is 39.3 Å². The number of carbonyl (C=O) groups excluding carboxylic acids is 2. The number of aromatic nitrogens is 2. The zero-order chi connectivity index (χ0) is 29.2. The topological polar surface area (TPSA) is 137 Å². The fourth-order valence-electron chi connectivity index (χ4n) is 6.94. The van der Waals surface area contributed by atoms with Crippen LogP contribution < -0.4 is 10.9 Å². The summed E-state index contributed by atoms with van der Waals surface area (Å²) in [5.41, 5.74) is 1.87. The molecule has 2 fully saturated rings. The van der Waals surface area contributed by atoms with E-state index in [-0.39, 0.29) is 47.3 Å². The van der Waals surface area contributed by atoms with Crippen LogP contribution in [0.3, 0.4) is 0 Å². The van der Waals surface area contributed by atoms with Crippen LogP contribution in [0.1, 0.15) is 48.4 Å². The van der Waals surface area contributed by atoms with E-state index in [0.717, 1.165) is 55.5 Å². The number of aliphatic hydroxyl groups is 1. The van der Waals surface area contributed by atoms with Crippen LogP contribution in [0, 0.1) is 5.92 Å². The quantitative estimate of drug-likeness (QED) is 0.310. The number of esters is 1. The molecule has 1 amide bonds. The minimum absolute atomic E-state index is 0.0862. The third kappa shape index (κ3) is 4.21. The Morgan fingerprint density at radius 3 is 2.64 bits per heavy atom. The zero-order valence-corrected chi connectivity index (χ0v) is 23.7. The number of hydrogen-bond donors (Lipinski definition) is 3. The Kier molecular flexibility index (Phi) is 6.56. The number of cyclic esters (lactones) is 1. The summed E-state index contributed by atoms with van der Waals surface area (Å²) < 4.78 is 6.78. The Labute approximate surface area is 242 Å². The van der Waals surface area contributed by atoms with Gasteiger partial charge < -0.3 is 29.7 Å². The molecule has 0 saturated carbocycles. The number of benzene rings is 1. The highest BCUT2D eigenvalue weighted by Crippen LogP contribution is 2.40. The van der Waals surface area contributed by atoms with Crippen molar-refractivity contribution in [1.82, 2.24) is 24.7 Å². The number of aromatic hydroxyl groups is 1.